The third kappa shape index (κ3) is 13.8. The maximum atomic E-state index is 13.1. The van der Waals surface area contributed by atoms with Crippen LogP contribution in [0.2, 0.25) is 0 Å². The van der Waals surface area contributed by atoms with E-state index < -0.39 is 0 Å². The Morgan fingerprint density at radius 3 is 2.08 bits per heavy atom. The summed E-state index contributed by atoms with van der Waals surface area (Å²) in [5, 5.41) is 3.13. The van der Waals surface area contributed by atoms with Crippen LogP contribution in [0.3, 0.4) is 0 Å². The molecule has 1 saturated heterocycles. The first kappa shape index (κ1) is 41.7. The van der Waals surface area contributed by atoms with Crippen molar-refractivity contribution in [3.8, 4) is 11.5 Å². The molecule has 0 bridgehead atoms. The summed E-state index contributed by atoms with van der Waals surface area (Å²) in [6.45, 7) is 16.0. The second kappa shape index (κ2) is 23.8. The van der Waals surface area contributed by atoms with Crippen molar-refractivity contribution in [2.45, 2.75) is 92.0 Å². The molecule has 1 aliphatic heterocycles. The Morgan fingerprint density at radius 2 is 1.55 bits per heavy atom. The molecule has 1 heterocycles. The standard InChI is InChI=1S/C26H35NO5.C11H16FN.C4H10/c1-4-31-26-11-8-22(16-20(26)2)23-17-25(27(18-23)12-13-28)21-6-9-24(10-7-21)32-19-30-15-5-14-29-3;1-4-8-6-10(12)7-9(5-2)11(8)13-3;1-3-4-2/h6-11,13,16,23,25H,4-5,12,14-15,17-19H2,1-3H3;6-7,13H,4-5H2,1-3H3;3-4H2,1-2H3/t23-,25-;;/m1../s1. The van der Waals surface area contributed by atoms with Crippen LogP contribution in [0.15, 0.2) is 54.6 Å². The van der Waals surface area contributed by atoms with Crippen molar-refractivity contribution < 1.29 is 28.1 Å². The minimum Gasteiger partial charge on any atom is -0.494 e. The van der Waals surface area contributed by atoms with E-state index in [-0.39, 0.29) is 18.7 Å². The van der Waals surface area contributed by atoms with Gasteiger partial charge in [-0.2, -0.15) is 0 Å². The number of likely N-dealkylation sites (tertiary alicyclic amines) is 1. The molecule has 0 saturated carbocycles. The average Bonchev–Trinajstić information content (AvgIpc) is 3.54. The number of unbranched alkanes of at least 4 members (excludes halogenated alkanes) is 1. The SMILES string of the molecule is CCCC.CCOc1ccc([C@@H]2C[C@H](c3ccc(OCOCCCOC)cc3)N(CC=O)C2)cc1C.CCc1cc(F)cc(CC)c1NC. The van der Waals surface area contributed by atoms with Gasteiger partial charge in [0.1, 0.15) is 23.6 Å². The van der Waals surface area contributed by atoms with E-state index in [1.54, 1.807) is 19.2 Å². The Bertz CT molecular complexity index is 1320. The lowest BCUT2D eigenvalue weighted by Crippen LogP contribution is -2.25. The van der Waals surface area contributed by atoms with Crippen molar-refractivity contribution in [2.75, 3.05) is 59.2 Å². The number of halogens is 1. The summed E-state index contributed by atoms with van der Waals surface area (Å²) in [7, 11) is 3.56. The van der Waals surface area contributed by atoms with E-state index in [1.807, 2.05) is 40.0 Å². The number of aldehydes is 1. The van der Waals surface area contributed by atoms with Crippen LogP contribution in [0.5, 0.6) is 11.5 Å². The van der Waals surface area contributed by atoms with E-state index >= 15 is 0 Å². The molecule has 2 atom stereocenters. The second-order valence-electron chi connectivity index (χ2n) is 12.2. The van der Waals surface area contributed by atoms with Gasteiger partial charge in [0.25, 0.3) is 0 Å². The van der Waals surface area contributed by atoms with Crippen molar-refractivity contribution in [3.63, 3.8) is 0 Å². The summed E-state index contributed by atoms with van der Waals surface area (Å²) in [6.07, 6.45) is 7.19. The summed E-state index contributed by atoms with van der Waals surface area (Å²) in [4.78, 5) is 13.6. The zero-order chi connectivity index (χ0) is 36.0. The number of carbonyl (C=O) groups excluding carboxylic acids is 1. The third-order valence-electron chi connectivity index (χ3n) is 8.67. The number of benzene rings is 3. The smallest absolute Gasteiger partial charge is 0.189 e. The summed E-state index contributed by atoms with van der Waals surface area (Å²) in [6, 6.07) is 18.0. The average molecular weight is 681 g/mol. The van der Waals surface area contributed by atoms with Crippen molar-refractivity contribution in [1.29, 1.82) is 0 Å². The zero-order valence-electron chi connectivity index (χ0n) is 31.3. The number of aryl methyl sites for hydroxylation is 3. The first-order valence-electron chi connectivity index (χ1n) is 18.0. The van der Waals surface area contributed by atoms with Crippen molar-refractivity contribution in [3.05, 3.63) is 88.2 Å². The lowest BCUT2D eigenvalue weighted by atomic mass is 9.92. The Balaban J connectivity index is 0.000000405. The van der Waals surface area contributed by atoms with Crippen LogP contribution in [-0.4, -0.2) is 65.0 Å². The van der Waals surface area contributed by atoms with Gasteiger partial charge in [0.2, 0.25) is 0 Å². The quantitative estimate of drug-likeness (QED) is 0.0866. The molecule has 1 fully saturated rings. The fourth-order valence-electron chi connectivity index (χ4n) is 5.90. The molecular weight excluding hydrogens is 619 g/mol. The minimum absolute atomic E-state index is 0.132. The highest BCUT2D eigenvalue weighted by atomic mass is 19.1. The number of carbonyl (C=O) groups is 1. The number of methoxy groups -OCH3 is 1. The van der Waals surface area contributed by atoms with Gasteiger partial charge in [0.15, 0.2) is 6.79 Å². The molecule has 1 aliphatic rings. The van der Waals surface area contributed by atoms with Crippen LogP contribution in [0, 0.1) is 12.7 Å². The number of hydrogen-bond acceptors (Lipinski definition) is 7. The molecule has 0 spiro atoms. The van der Waals surface area contributed by atoms with E-state index in [9.17, 15) is 9.18 Å². The Kier molecular flexibility index (Phi) is 20.3. The first-order chi connectivity index (χ1) is 23.8. The molecule has 0 radical (unpaired) electrons. The van der Waals surface area contributed by atoms with Crippen LogP contribution in [0.4, 0.5) is 10.1 Å². The number of ether oxygens (including phenoxy) is 4. The maximum Gasteiger partial charge on any atom is 0.189 e. The highest BCUT2D eigenvalue weighted by Crippen LogP contribution is 2.41. The van der Waals surface area contributed by atoms with Crippen LogP contribution in [0.25, 0.3) is 0 Å². The van der Waals surface area contributed by atoms with Crippen LogP contribution in [0.1, 0.15) is 100 Å². The monoisotopic (exact) mass is 680 g/mol. The molecule has 1 N–H and O–H groups in total. The van der Waals surface area contributed by atoms with Crippen molar-refractivity contribution in [1.82, 2.24) is 4.90 Å². The summed E-state index contributed by atoms with van der Waals surface area (Å²) in [5.41, 5.74) is 6.85. The van der Waals surface area contributed by atoms with Gasteiger partial charge in [-0.3, -0.25) is 4.90 Å². The van der Waals surface area contributed by atoms with Crippen molar-refractivity contribution in [2.24, 2.45) is 0 Å². The van der Waals surface area contributed by atoms with E-state index in [2.05, 4.69) is 61.3 Å². The molecule has 0 unspecified atom stereocenters. The number of anilines is 1. The number of rotatable bonds is 17. The molecule has 3 aromatic carbocycles. The van der Waals surface area contributed by atoms with Crippen LogP contribution >= 0.6 is 0 Å². The number of hydrogen-bond donors (Lipinski definition) is 1. The first-order valence-corrected chi connectivity index (χ1v) is 18.0. The molecule has 0 amide bonds. The van der Waals surface area contributed by atoms with Gasteiger partial charge in [0.05, 0.1) is 19.8 Å². The van der Waals surface area contributed by atoms with Gasteiger partial charge in [-0.1, -0.05) is 64.8 Å². The zero-order valence-corrected chi connectivity index (χ0v) is 31.3. The van der Waals surface area contributed by atoms with Gasteiger partial charge < -0.3 is 29.1 Å². The van der Waals surface area contributed by atoms with E-state index in [4.69, 9.17) is 18.9 Å². The molecule has 0 aliphatic carbocycles. The van der Waals surface area contributed by atoms with Gasteiger partial charge >= 0.3 is 0 Å². The molecule has 3 aromatic rings. The van der Waals surface area contributed by atoms with Gasteiger partial charge in [-0.05, 0) is 104 Å². The molecule has 4 rings (SSSR count). The Labute approximate surface area is 295 Å². The topological polar surface area (TPSA) is 69.3 Å². The van der Waals surface area contributed by atoms with Gasteiger partial charge in [-0.15, -0.1) is 0 Å². The summed E-state index contributed by atoms with van der Waals surface area (Å²) >= 11 is 0. The highest BCUT2D eigenvalue weighted by Gasteiger charge is 2.33. The lowest BCUT2D eigenvalue weighted by molar-refractivity contribution is -0.109. The summed E-state index contributed by atoms with van der Waals surface area (Å²) < 4.78 is 34.9. The fourth-order valence-corrected chi connectivity index (χ4v) is 5.90. The van der Waals surface area contributed by atoms with Gasteiger partial charge in [0, 0.05) is 39.0 Å². The van der Waals surface area contributed by atoms with Gasteiger partial charge in [-0.25, -0.2) is 4.39 Å². The molecule has 8 heteroatoms. The molecule has 272 valence electrons. The predicted octanol–water partition coefficient (Wildman–Crippen LogP) is 9.31. The lowest BCUT2D eigenvalue weighted by Gasteiger charge is -2.22. The van der Waals surface area contributed by atoms with Crippen LogP contribution in [-0.2, 0) is 27.1 Å². The molecular formula is C41H61FN2O5. The molecule has 49 heavy (non-hydrogen) atoms. The third-order valence-corrected chi connectivity index (χ3v) is 8.67. The summed E-state index contributed by atoms with van der Waals surface area (Å²) in [5.74, 6) is 1.96. The number of nitrogens with one attached hydrogen (secondary N) is 1. The van der Waals surface area contributed by atoms with E-state index in [0.717, 1.165) is 72.4 Å². The molecule has 0 aromatic heterocycles. The largest absolute Gasteiger partial charge is 0.494 e. The second-order valence-corrected chi connectivity index (χ2v) is 12.2. The molecule has 7 nitrogen and oxygen atoms in total. The normalized spacial score (nSPS) is 15.4. The number of nitrogens with zero attached hydrogens (tertiary/aromatic N) is 1. The Hall–Kier alpha value is -3.46. The van der Waals surface area contributed by atoms with E-state index in [1.165, 1.54) is 24.0 Å². The highest BCUT2D eigenvalue weighted by molar-refractivity contribution is 5.57. The Morgan fingerprint density at radius 1 is 0.898 bits per heavy atom. The maximum absolute atomic E-state index is 13.1. The fraction of sp³-hybridized carbons (Fsp3) is 0.537. The van der Waals surface area contributed by atoms with E-state index in [0.29, 0.717) is 32.3 Å². The van der Waals surface area contributed by atoms with Crippen LogP contribution < -0.4 is 14.8 Å². The van der Waals surface area contributed by atoms with Crippen molar-refractivity contribution >= 4 is 12.0 Å². The predicted molar refractivity (Wildman–Crippen MR) is 200 cm³/mol. The minimum atomic E-state index is -0.132.